The van der Waals surface area contributed by atoms with Crippen LogP contribution in [0.4, 0.5) is 5.82 Å². The van der Waals surface area contributed by atoms with Gasteiger partial charge in [0.2, 0.25) is 0 Å². The lowest BCUT2D eigenvalue weighted by molar-refractivity contribution is 0.178. The molecule has 0 saturated carbocycles. The molecule has 0 saturated heterocycles. The summed E-state index contributed by atoms with van der Waals surface area (Å²) in [6.07, 6.45) is 1.22. The zero-order valence-electron chi connectivity index (χ0n) is 8.86. The van der Waals surface area contributed by atoms with Crippen LogP contribution in [-0.4, -0.2) is 37.8 Å². The monoisotopic (exact) mass is 195 g/mol. The molecule has 0 aliphatic rings. The van der Waals surface area contributed by atoms with Gasteiger partial charge in [-0.2, -0.15) is 0 Å². The van der Waals surface area contributed by atoms with Gasteiger partial charge < -0.3 is 15.3 Å². The fourth-order valence-corrected chi connectivity index (χ4v) is 1.35. The summed E-state index contributed by atoms with van der Waals surface area (Å²) in [5, 5.41) is 12.8. The maximum absolute atomic E-state index is 9.82. The molecule has 0 bridgehead atoms. The van der Waals surface area contributed by atoms with E-state index in [-0.39, 0.29) is 0 Å². The summed E-state index contributed by atoms with van der Waals surface area (Å²) in [5.74, 6) is 0.815. The average Bonchev–Trinajstić information content (AvgIpc) is 2.18. The molecule has 0 amide bonds. The highest BCUT2D eigenvalue weighted by atomic mass is 16.3. The molecule has 0 fully saturated rings. The maximum Gasteiger partial charge on any atom is 0.133 e. The second-order valence-corrected chi connectivity index (χ2v) is 3.38. The average molecular weight is 195 g/mol. The van der Waals surface area contributed by atoms with Crippen LogP contribution in [0.2, 0.25) is 0 Å². The van der Waals surface area contributed by atoms with Gasteiger partial charge in [0, 0.05) is 32.4 Å². The van der Waals surface area contributed by atoms with Crippen LogP contribution < -0.4 is 10.2 Å². The third-order valence-corrected chi connectivity index (χ3v) is 2.00. The molecule has 0 aliphatic heterocycles. The lowest BCUT2D eigenvalue weighted by Gasteiger charge is -2.19. The molecule has 1 aromatic heterocycles. The highest BCUT2D eigenvalue weighted by Gasteiger charge is 2.13. The molecule has 1 aromatic rings. The summed E-state index contributed by atoms with van der Waals surface area (Å²) < 4.78 is 0. The Morgan fingerprint density at radius 1 is 1.57 bits per heavy atom. The molecular weight excluding hydrogens is 178 g/mol. The molecule has 78 valence electrons. The number of aromatic nitrogens is 1. The second-order valence-electron chi connectivity index (χ2n) is 3.38. The van der Waals surface area contributed by atoms with E-state index in [0.29, 0.717) is 6.54 Å². The predicted molar refractivity (Wildman–Crippen MR) is 57.5 cm³/mol. The van der Waals surface area contributed by atoms with Crippen molar-refractivity contribution in [2.75, 3.05) is 32.6 Å². The molecule has 1 rings (SSSR count). The van der Waals surface area contributed by atoms with Crippen LogP contribution in [0.5, 0.6) is 0 Å². The van der Waals surface area contributed by atoms with E-state index in [4.69, 9.17) is 0 Å². The van der Waals surface area contributed by atoms with Gasteiger partial charge in [0.15, 0.2) is 0 Å². The van der Waals surface area contributed by atoms with Gasteiger partial charge in [-0.05, 0) is 13.1 Å². The van der Waals surface area contributed by atoms with Gasteiger partial charge in [-0.3, -0.25) is 0 Å². The minimum Gasteiger partial charge on any atom is -0.387 e. The third kappa shape index (κ3) is 2.43. The van der Waals surface area contributed by atoms with E-state index in [1.165, 1.54) is 0 Å². The van der Waals surface area contributed by atoms with Gasteiger partial charge in [0.1, 0.15) is 5.82 Å². The maximum atomic E-state index is 9.82. The molecule has 1 unspecified atom stereocenters. The third-order valence-electron chi connectivity index (χ3n) is 2.00. The number of hydrogen-bond acceptors (Lipinski definition) is 4. The number of hydrogen-bond donors (Lipinski definition) is 2. The highest BCUT2D eigenvalue weighted by Crippen LogP contribution is 2.21. The standard InChI is InChI=1S/C10H17N3O/c1-11-7-9(14)8-5-4-6-12-10(8)13(2)3/h4-6,9,11,14H,7H2,1-3H3. The first-order valence-corrected chi connectivity index (χ1v) is 4.61. The van der Waals surface area contributed by atoms with E-state index < -0.39 is 6.10 Å². The predicted octanol–water partition coefficient (Wildman–Crippen LogP) is 0.400. The second kappa shape index (κ2) is 4.93. The quantitative estimate of drug-likeness (QED) is 0.730. The van der Waals surface area contributed by atoms with E-state index in [9.17, 15) is 5.11 Å². The Labute approximate surface area is 84.6 Å². The molecule has 1 heterocycles. The summed E-state index contributed by atoms with van der Waals surface area (Å²) >= 11 is 0. The molecule has 0 aromatic carbocycles. The molecule has 1 atom stereocenters. The van der Waals surface area contributed by atoms with Crippen molar-refractivity contribution in [1.29, 1.82) is 0 Å². The van der Waals surface area contributed by atoms with Gasteiger partial charge in [0.05, 0.1) is 6.10 Å². The van der Waals surface area contributed by atoms with Crippen LogP contribution in [-0.2, 0) is 0 Å². The lowest BCUT2D eigenvalue weighted by atomic mass is 10.1. The van der Waals surface area contributed by atoms with E-state index in [2.05, 4.69) is 10.3 Å². The summed E-state index contributed by atoms with van der Waals surface area (Å²) in [6.45, 7) is 0.534. The minimum atomic E-state index is -0.508. The molecule has 2 N–H and O–H groups in total. The van der Waals surface area contributed by atoms with Crippen molar-refractivity contribution in [1.82, 2.24) is 10.3 Å². The Kier molecular flexibility index (Phi) is 3.85. The van der Waals surface area contributed by atoms with E-state index in [0.717, 1.165) is 11.4 Å². The molecule has 0 aliphatic carbocycles. The van der Waals surface area contributed by atoms with Crippen molar-refractivity contribution in [3.8, 4) is 0 Å². The first-order chi connectivity index (χ1) is 6.66. The Morgan fingerprint density at radius 3 is 2.86 bits per heavy atom. The summed E-state index contributed by atoms with van der Waals surface area (Å²) in [4.78, 5) is 6.12. The fourth-order valence-electron chi connectivity index (χ4n) is 1.35. The fraction of sp³-hybridized carbons (Fsp3) is 0.500. The summed E-state index contributed by atoms with van der Waals surface area (Å²) in [5.41, 5.74) is 0.854. The largest absolute Gasteiger partial charge is 0.387 e. The van der Waals surface area contributed by atoms with Gasteiger partial charge in [0.25, 0.3) is 0 Å². The number of nitrogens with one attached hydrogen (secondary N) is 1. The van der Waals surface area contributed by atoms with Crippen LogP contribution in [0.25, 0.3) is 0 Å². The minimum absolute atomic E-state index is 0.508. The van der Waals surface area contributed by atoms with Crippen LogP contribution in [0.3, 0.4) is 0 Å². The van der Waals surface area contributed by atoms with Crippen molar-refractivity contribution in [2.24, 2.45) is 0 Å². The summed E-state index contributed by atoms with van der Waals surface area (Å²) in [7, 11) is 5.64. The highest BCUT2D eigenvalue weighted by molar-refractivity contribution is 5.46. The van der Waals surface area contributed by atoms with E-state index >= 15 is 0 Å². The molecule has 0 radical (unpaired) electrons. The summed E-state index contributed by atoms with van der Waals surface area (Å²) in [6, 6.07) is 3.73. The number of anilines is 1. The van der Waals surface area contributed by atoms with Gasteiger partial charge in [-0.15, -0.1) is 0 Å². The van der Waals surface area contributed by atoms with Crippen molar-refractivity contribution < 1.29 is 5.11 Å². The zero-order valence-corrected chi connectivity index (χ0v) is 8.86. The number of aliphatic hydroxyl groups is 1. The SMILES string of the molecule is CNCC(O)c1cccnc1N(C)C. The number of rotatable bonds is 4. The lowest BCUT2D eigenvalue weighted by Crippen LogP contribution is -2.20. The van der Waals surface area contributed by atoms with E-state index in [1.807, 2.05) is 38.2 Å². The first kappa shape index (κ1) is 10.9. The zero-order chi connectivity index (χ0) is 10.6. The van der Waals surface area contributed by atoms with E-state index in [1.54, 1.807) is 6.20 Å². The van der Waals surface area contributed by atoms with Crippen LogP contribution in [0, 0.1) is 0 Å². The Bertz CT molecular complexity index is 288. The first-order valence-electron chi connectivity index (χ1n) is 4.61. The van der Waals surface area contributed by atoms with Gasteiger partial charge in [-0.1, -0.05) is 6.07 Å². The van der Waals surface area contributed by atoms with Crippen molar-refractivity contribution in [3.05, 3.63) is 23.9 Å². The van der Waals surface area contributed by atoms with Crippen molar-refractivity contribution in [3.63, 3.8) is 0 Å². The molecular formula is C10H17N3O. The molecule has 4 nitrogen and oxygen atoms in total. The van der Waals surface area contributed by atoms with Crippen molar-refractivity contribution >= 4 is 5.82 Å². The van der Waals surface area contributed by atoms with Crippen LogP contribution in [0.1, 0.15) is 11.7 Å². The molecule has 4 heteroatoms. The Hall–Kier alpha value is -1.13. The van der Waals surface area contributed by atoms with Crippen LogP contribution in [0.15, 0.2) is 18.3 Å². The number of nitrogens with zero attached hydrogens (tertiary/aromatic N) is 2. The number of pyridine rings is 1. The van der Waals surface area contributed by atoms with Gasteiger partial charge >= 0.3 is 0 Å². The Balaban J connectivity index is 2.94. The Morgan fingerprint density at radius 2 is 2.29 bits per heavy atom. The van der Waals surface area contributed by atoms with Crippen molar-refractivity contribution in [2.45, 2.75) is 6.10 Å². The normalized spacial score (nSPS) is 12.6. The number of aliphatic hydroxyl groups excluding tert-OH is 1. The van der Waals surface area contributed by atoms with Gasteiger partial charge in [-0.25, -0.2) is 4.98 Å². The number of likely N-dealkylation sites (N-methyl/N-ethyl adjacent to an activating group) is 1. The molecule has 0 spiro atoms. The topological polar surface area (TPSA) is 48.4 Å². The molecule has 14 heavy (non-hydrogen) atoms. The van der Waals surface area contributed by atoms with Crippen LogP contribution >= 0.6 is 0 Å². The smallest absolute Gasteiger partial charge is 0.133 e.